The lowest BCUT2D eigenvalue weighted by Crippen LogP contribution is -2.63. The third-order valence-corrected chi connectivity index (χ3v) is 23.1. The number of carboxylic acid groups (broad SMARTS) is 1. The number of hydrogen-bond acceptors (Lipinski definition) is 19. The lowest BCUT2D eigenvalue weighted by atomic mass is 9.50. The molecule has 0 radical (unpaired) electrons. The molecule has 21 nitrogen and oxygen atoms in total. The quantitative estimate of drug-likeness (QED) is 0.0493. The summed E-state index contributed by atoms with van der Waals surface area (Å²) in [6.45, 7) is 20.6. The summed E-state index contributed by atoms with van der Waals surface area (Å²) in [5.74, 6) is -4.67. The normalized spacial score (nSPS) is 41.0. The first kappa shape index (κ1) is 82.3. The number of carboxylic acids is 1. The smallest absolute Gasteiger partial charge is 0.407 e. The summed E-state index contributed by atoms with van der Waals surface area (Å²) in [5.41, 5.74) is 1.70. The second-order valence-electron chi connectivity index (χ2n) is 30.7. The van der Waals surface area contributed by atoms with Crippen molar-refractivity contribution in [3.8, 4) is 0 Å². The van der Waals surface area contributed by atoms with Gasteiger partial charge in [-0.1, -0.05) is 158 Å². The average molecular weight is 1410 g/mol. The third kappa shape index (κ3) is 22.0. The molecule has 0 unspecified atom stereocenters. The summed E-state index contributed by atoms with van der Waals surface area (Å²) in [5, 5.41) is 128. The van der Waals surface area contributed by atoms with Gasteiger partial charge < -0.3 is 90.5 Å². The van der Waals surface area contributed by atoms with Gasteiger partial charge in [0.1, 0.15) is 30.1 Å². The molecule has 22 heteroatoms. The van der Waals surface area contributed by atoms with E-state index in [9.17, 15) is 70.6 Å². The summed E-state index contributed by atoms with van der Waals surface area (Å²) in [6, 6.07) is -1.10. The predicted molar refractivity (Wildman–Crippen MR) is 377 cm³/mol. The summed E-state index contributed by atoms with van der Waals surface area (Å²) >= 11 is 0. The van der Waals surface area contributed by atoms with E-state index in [0.717, 1.165) is 25.7 Å². The SMILES string of the molecule is CC(C)[C@@H](C)C=C[C@@H](C)[C@H]1CC[C@H]2C3=CC(F)=C4C[C@@H](OC(=O)NCCN[C@@H]5[C@H](O)[C@H](O[C@H]6C=CC=CC=CC=CC=CC=CC=C[C@H](C)[C@@H](O)[C@@H](C)[C@H](C)OC(=O)C[C@H](O)C[C@H](O)CC[C@@H](O)[C@H](O)C[C@H](O)C[C@]7(O)C[C@H](O)[C@@H](C(=O)O)[C@H](C6)O7)O[C@H](C)[C@H]5O)CC[C@]4(C)[C@H]3CC[C@]12C. The van der Waals surface area contributed by atoms with Crippen LogP contribution in [0.3, 0.4) is 0 Å². The molecular weight excluding hydrogens is 1290 g/mol. The number of halogens is 1. The van der Waals surface area contributed by atoms with E-state index in [2.05, 4.69) is 64.3 Å². The summed E-state index contributed by atoms with van der Waals surface area (Å²) in [7, 11) is 0. The topological polar surface area (TPSA) is 344 Å². The molecule has 100 heavy (non-hydrogen) atoms. The number of fused-ring (bicyclic) bond motifs is 7. The highest BCUT2D eigenvalue weighted by atomic mass is 19.1. The summed E-state index contributed by atoms with van der Waals surface area (Å²) in [4.78, 5) is 39.1. The lowest BCUT2D eigenvalue weighted by molar-refractivity contribution is -0.309. The van der Waals surface area contributed by atoms with Crippen LogP contribution in [0.25, 0.3) is 0 Å². The maximum atomic E-state index is 16.6. The van der Waals surface area contributed by atoms with Crippen molar-refractivity contribution < 1.29 is 98.6 Å². The Hall–Kier alpha value is -5.02. The largest absolute Gasteiger partial charge is 0.481 e. The van der Waals surface area contributed by atoms with E-state index >= 15 is 4.39 Å². The Morgan fingerprint density at radius 3 is 1.98 bits per heavy atom. The first-order chi connectivity index (χ1) is 47.2. The molecule has 0 aromatic heterocycles. The number of carbonyl (C=O) groups excluding carboxylic acids is 2. The number of rotatable bonds is 12. The minimum Gasteiger partial charge on any atom is -0.481 e. The van der Waals surface area contributed by atoms with Crippen LogP contribution in [-0.4, -0.2) is 191 Å². The van der Waals surface area contributed by atoms with E-state index < -0.39 is 166 Å². The number of nitrogens with one attached hydrogen (secondary N) is 2. The molecule has 1 amide bonds. The molecule has 2 bridgehead atoms. The highest BCUT2D eigenvalue weighted by molar-refractivity contribution is 5.72. The number of aliphatic hydroxyl groups excluding tert-OH is 9. The maximum absolute atomic E-state index is 16.6. The molecule has 562 valence electrons. The molecule has 13 N–H and O–H groups in total. The molecule has 0 spiro atoms. The molecule has 3 saturated carbocycles. The maximum Gasteiger partial charge on any atom is 0.407 e. The summed E-state index contributed by atoms with van der Waals surface area (Å²) in [6.07, 6.45) is 13.5. The van der Waals surface area contributed by atoms with Crippen molar-refractivity contribution in [2.75, 3.05) is 13.1 Å². The third-order valence-electron chi connectivity index (χ3n) is 23.1. The number of aliphatic carboxylic acids is 1. The van der Waals surface area contributed by atoms with Gasteiger partial charge in [-0.15, -0.1) is 0 Å². The Kier molecular flexibility index (Phi) is 30.9. The van der Waals surface area contributed by atoms with E-state index in [1.807, 2.05) is 25.2 Å². The fourth-order valence-corrected chi connectivity index (χ4v) is 16.5. The second kappa shape index (κ2) is 37.6. The Morgan fingerprint density at radius 2 is 1.33 bits per heavy atom. The van der Waals surface area contributed by atoms with Crippen LogP contribution >= 0.6 is 0 Å². The Bertz CT molecular complexity index is 2980. The monoisotopic (exact) mass is 1410 g/mol. The number of amides is 1. The molecule has 7 aliphatic rings. The van der Waals surface area contributed by atoms with Gasteiger partial charge in [-0.2, -0.15) is 0 Å². The molecule has 0 aromatic rings. The Labute approximate surface area is 591 Å². The van der Waals surface area contributed by atoms with Crippen molar-refractivity contribution in [1.82, 2.24) is 10.6 Å². The van der Waals surface area contributed by atoms with E-state index in [-0.39, 0.29) is 67.3 Å². The second-order valence-corrected chi connectivity index (χ2v) is 30.7. The zero-order valence-electron chi connectivity index (χ0n) is 60.3. The van der Waals surface area contributed by atoms with Gasteiger partial charge in [0.05, 0.1) is 79.6 Å². The fraction of sp³-hybridized carbons (Fsp3) is 0.705. The molecule has 0 aromatic carbocycles. The first-order valence-electron chi connectivity index (χ1n) is 36.7. The van der Waals surface area contributed by atoms with Crippen LogP contribution in [0.15, 0.2) is 120 Å². The zero-order valence-corrected chi connectivity index (χ0v) is 60.3. The van der Waals surface area contributed by atoms with Gasteiger partial charge in [0, 0.05) is 57.0 Å². The highest BCUT2D eigenvalue weighted by Crippen LogP contribution is 2.67. The van der Waals surface area contributed by atoms with Crippen LogP contribution in [0.2, 0.25) is 0 Å². The Morgan fingerprint density at radius 1 is 0.680 bits per heavy atom. The van der Waals surface area contributed by atoms with Crippen LogP contribution in [0, 0.1) is 64.1 Å². The van der Waals surface area contributed by atoms with Crippen molar-refractivity contribution in [3.05, 3.63) is 120 Å². The van der Waals surface area contributed by atoms with Crippen LogP contribution in [0.5, 0.6) is 0 Å². The van der Waals surface area contributed by atoms with Crippen molar-refractivity contribution >= 4 is 18.0 Å². The number of carbonyl (C=O) groups is 3. The van der Waals surface area contributed by atoms with Crippen LogP contribution in [0.4, 0.5) is 9.18 Å². The molecule has 4 aliphatic carbocycles. The Balaban J connectivity index is 1.00. The molecule has 3 aliphatic heterocycles. The molecule has 3 heterocycles. The van der Waals surface area contributed by atoms with E-state index in [0.29, 0.717) is 48.0 Å². The molecule has 7 rings (SSSR count). The average Bonchev–Trinajstić information content (AvgIpc) is 1.33. The number of allylic oxidation sites excluding steroid dienone is 17. The van der Waals surface area contributed by atoms with Crippen molar-refractivity contribution in [2.24, 2.45) is 64.1 Å². The molecular formula is C78H119FN2O19. The number of alkyl carbamates (subject to hydrolysis) is 1. The van der Waals surface area contributed by atoms with Crippen molar-refractivity contribution in [3.63, 3.8) is 0 Å². The van der Waals surface area contributed by atoms with Gasteiger partial charge in [-0.25, -0.2) is 9.18 Å². The van der Waals surface area contributed by atoms with Gasteiger partial charge >= 0.3 is 18.0 Å². The van der Waals surface area contributed by atoms with Gasteiger partial charge in [0.15, 0.2) is 12.1 Å². The highest BCUT2D eigenvalue weighted by Gasteiger charge is 2.58. The standard InChI is InChI=1S/C78H119FN2O19/c1-45(2)46(3)25-26-47(4)58-28-29-59-57-42-62(79)61-40-56(31-33-77(61,10)60(57)32-34-76(58,59)9)99-75(94)81-36-35-80-69-71(90)51(8)97-74(72(69)91)98-55-24-22-20-18-16-14-12-11-13-15-17-19-21-23-48(5)70(89)49(6)50(7)96-67(88)39-53(83)37-52(82)27-30-63(85)64(86)38-54(84)43-78(95)44-65(87)68(73(92)93)66(41-55)100-78/h11-26,42,45-56,58-60,63-66,68-72,74,80,82-87,89-91,95H,27-41,43-44H2,1-10H3,(H,81,94)(H,92,93)/t46-,47+,48-,49-,50-,51+,52+,53+,54-,55-,56-,58+,59-,60-,63+,64+,65-,66-,68+,69-,70+,71+,72-,74-,76+,77+,78+/m0/s1. The van der Waals surface area contributed by atoms with E-state index in [1.54, 1.807) is 87.6 Å². The minimum atomic E-state index is -2.40. The van der Waals surface area contributed by atoms with Crippen LogP contribution in [-0.2, 0) is 33.3 Å². The van der Waals surface area contributed by atoms with E-state index in [4.69, 9.17) is 23.7 Å². The number of aliphatic hydroxyl groups is 10. The molecule has 27 atom stereocenters. The minimum absolute atomic E-state index is 0.00343. The first-order valence-corrected chi connectivity index (χ1v) is 36.7. The van der Waals surface area contributed by atoms with Crippen LogP contribution < -0.4 is 10.6 Å². The van der Waals surface area contributed by atoms with Gasteiger partial charge in [-0.3, -0.25) is 9.59 Å². The number of ether oxygens (including phenoxy) is 5. The number of esters is 1. The predicted octanol–water partition coefficient (Wildman–Crippen LogP) is 8.72. The van der Waals surface area contributed by atoms with E-state index in [1.165, 1.54) is 11.6 Å². The zero-order chi connectivity index (χ0) is 73.4. The number of cyclic esters (lactones) is 1. The lowest BCUT2D eigenvalue weighted by Gasteiger charge is -2.55. The van der Waals surface area contributed by atoms with Crippen LogP contribution in [0.1, 0.15) is 166 Å². The molecule has 2 saturated heterocycles. The van der Waals surface area contributed by atoms with Gasteiger partial charge in [0.25, 0.3) is 0 Å². The van der Waals surface area contributed by atoms with Gasteiger partial charge in [0.2, 0.25) is 0 Å². The van der Waals surface area contributed by atoms with Crippen molar-refractivity contribution in [2.45, 2.75) is 269 Å². The van der Waals surface area contributed by atoms with Crippen molar-refractivity contribution in [1.29, 1.82) is 0 Å². The fourth-order valence-electron chi connectivity index (χ4n) is 16.5. The van der Waals surface area contributed by atoms with Gasteiger partial charge in [-0.05, 0) is 130 Å². The number of hydrogen-bond donors (Lipinski definition) is 13. The molecule has 5 fully saturated rings. The summed E-state index contributed by atoms with van der Waals surface area (Å²) < 4.78 is 46.6.